The molecule has 2 N–H and O–H groups in total. The van der Waals surface area contributed by atoms with Gasteiger partial charge >= 0.3 is 0 Å². The molecule has 0 saturated carbocycles. The predicted molar refractivity (Wildman–Crippen MR) is 288 cm³/mol. The quantitative estimate of drug-likeness (QED) is 0.134. The zero-order chi connectivity index (χ0) is 46.2. The van der Waals surface area contributed by atoms with Crippen molar-refractivity contribution in [1.82, 2.24) is 5.32 Å². The van der Waals surface area contributed by atoms with Gasteiger partial charge in [0.25, 0.3) is 0 Å². The molecular weight excluding hydrogens is 835 g/mol. The maximum absolute atomic E-state index is 9.84. The van der Waals surface area contributed by atoms with Gasteiger partial charge in [-0.25, -0.2) is 0 Å². The van der Waals surface area contributed by atoms with Crippen LogP contribution in [0.4, 0.5) is 17.1 Å². The molecule has 0 atom stereocenters. The Morgan fingerprint density at radius 2 is 0.870 bits per heavy atom. The van der Waals surface area contributed by atoms with Crippen molar-refractivity contribution in [2.45, 2.75) is 5.41 Å². The van der Waals surface area contributed by atoms with E-state index in [4.69, 9.17) is 0 Å². The second kappa shape index (κ2) is 17.6. The molecule has 69 heavy (non-hydrogen) atoms. The van der Waals surface area contributed by atoms with Gasteiger partial charge in [0, 0.05) is 39.5 Å². The minimum Gasteiger partial charge on any atom is -0.354 e. The summed E-state index contributed by atoms with van der Waals surface area (Å²) in [6.07, 6.45) is 2.26. The number of fused-ring (bicyclic) bond motifs is 4. The first kappa shape index (κ1) is 41.4. The molecule has 0 aromatic heterocycles. The molecule has 0 fully saturated rings. The highest BCUT2D eigenvalue weighted by Crippen LogP contribution is 2.57. The van der Waals surface area contributed by atoms with Crippen LogP contribution in [-0.2, 0) is 5.41 Å². The van der Waals surface area contributed by atoms with Gasteiger partial charge in [0.15, 0.2) is 0 Å². The third-order valence-corrected chi connectivity index (χ3v) is 13.7. The van der Waals surface area contributed by atoms with E-state index in [9.17, 15) is 5.41 Å². The molecule has 0 spiro atoms. The average molecular weight is 882 g/mol. The molecule has 10 aromatic rings. The Balaban J connectivity index is 1.11. The Morgan fingerprint density at radius 1 is 0.377 bits per heavy atom. The number of hydrogen-bond donors (Lipinski definition) is 2. The van der Waals surface area contributed by atoms with Crippen LogP contribution in [0.15, 0.2) is 267 Å². The van der Waals surface area contributed by atoms with E-state index < -0.39 is 5.41 Å². The lowest BCUT2D eigenvalue weighted by atomic mass is 9.67. The number of anilines is 3. The smallest absolute Gasteiger partial charge is 0.0714 e. The van der Waals surface area contributed by atoms with Gasteiger partial charge in [-0.3, -0.25) is 5.41 Å². The fraction of sp³-hybridized carbons (Fsp3) is 0.0152. The fourth-order valence-corrected chi connectivity index (χ4v) is 10.6. The van der Waals surface area contributed by atoms with Gasteiger partial charge < -0.3 is 10.2 Å². The van der Waals surface area contributed by atoms with Crippen LogP contribution >= 0.6 is 0 Å². The number of nitrogens with one attached hydrogen (secondary N) is 2. The molecule has 3 heteroatoms. The maximum Gasteiger partial charge on any atom is 0.0714 e. The number of hydrogen-bond acceptors (Lipinski definition) is 3. The van der Waals surface area contributed by atoms with Crippen molar-refractivity contribution in [2.24, 2.45) is 0 Å². The molecule has 0 bridgehead atoms. The van der Waals surface area contributed by atoms with Crippen LogP contribution in [0.1, 0.15) is 50.1 Å². The van der Waals surface area contributed by atoms with Gasteiger partial charge in [-0.2, -0.15) is 0 Å². The van der Waals surface area contributed by atoms with Crippen molar-refractivity contribution < 1.29 is 0 Å². The molecule has 3 nitrogen and oxygen atoms in total. The van der Waals surface area contributed by atoms with E-state index in [0.717, 1.165) is 73.0 Å². The third-order valence-electron chi connectivity index (χ3n) is 13.7. The van der Waals surface area contributed by atoms with Gasteiger partial charge in [-0.15, -0.1) is 0 Å². The van der Waals surface area contributed by atoms with Crippen molar-refractivity contribution in [2.75, 3.05) is 4.90 Å². The van der Waals surface area contributed by atoms with Crippen molar-refractivity contribution >= 4 is 45.8 Å². The molecule has 0 saturated heterocycles. The van der Waals surface area contributed by atoms with Crippen molar-refractivity contribution in [3.63, 3.8) is 0 Å². The summed E-state index contributed by atoms with van der Waals surface area (Å²) in [7, 11) is 0. The van der Waals surface area contributed by atoms with Gasteiger partial charge in [-0.1, -0.05) is 231 Å². The standard InChI is InChI=1S/C66H47N3/c67-64(49-28-13-4-14-29-49)63(48-26-11-3-12-27-48)65-57-40-38-55(43-51(57)44-62(68-65)47-24-9-2-10-25-47)69(54-35-21-30-50(42-54)46-22-7-1-8-23-46)56-39-41-59-58-36-19-20-37-60(58)66(61(59)45-56,52-31-15-5-16-32-52)53-33-17-6-18-34-53/h1-45,67-68H/b65-63-,67-64?. The minimum absolute atomic E-state index is 0.451. The number of allylic oxidation sites excluding steroid dienone is 1. The van der Waals surface area contributed by atoms with Gasteiger partial charge in [-0.05, 0) is 104 Å². The highest BCUT2D eigenvalue weighted by atomic mass is 15.1. The number of benzene rings is 10. The minimum atomic E-state index is -0.562. The normalized spacial score (nSPS) is 13.8. The van der Waals surface area contributed by atoms with E-state index in [1.54, 1.807) is 0 Å². The fourth-order valence-electron chi connectivity index (χ4n) is 10.6. The zero-order valence-corrected chi connectivity index (χ0v) is 37.9. The molecule has 1 heterocycles. The molecule has 0 amide bonds. The molecule has 12 rings (SSSR count). The second-order valence-corrected chi connectivity index (χ2v) is 17.7. The first-order valence-electron chi connectivity index (χ1n) is 23.6. The van der Waals surface area contributed by atoms with E-state index in [0.29, 0.717) is 5.71 Å². The van der Waals surface area contributed by atoms with Crippen LogP contribution in [0.5, 0.6) is 0 Å². The van der Waals surface area contributed by atoms with Crippen LogP contribution in [0.25, 0.3) is 45.3 Å². The van der Waals surface area contributed by atoms with E-state index in [2.05, 4.69) is 247 Å². The van der Waals surface area contributed by atoms with Crippen LogP contribution in [0.2, 0.25) is 0 Å². The summed E-state index contributed by atoms with van der Waals surface area (Å²) in [6, 6.07) is 95.3. The van der Waals surface area contributed by atoms with Crippen molar-refractivity contribution in [1.29, 1.82) is 5.41 Å². The van der Waals surface area contributed by atoms with Crippen LogP contribution < -0.4 is 10.2 Å². The molecule has 1 aliphatic carbocycles. The van der Waals surface area contributed by atoms with Gasteiger partial charge in [0.05, 0.1) is 16.8 Å². The summed E-state index contributed by atoms with van der Waals surface area (Å²) in [5, 5.41) is 13.7. The highest BCUT2D eigenvalue weighted by molar-refractivity contribution is 6.36. The lowest BCUT2D eigenvalue weighted by Gasteiger charge is -2.35. The topological polar surface area (TPSA) is 39.1 Å². The van der Waals surface area contributed by atoms with Crippen molar-refractivity contribution in [3.05, 3.63) is 317 Å². The predicted octanol–water partition coefficient (Wildman–Crippen LogP) is 16.2. The van der Waals surface area contributed by atoms with Crippen LogP contribution in [0, 0.1) is 5.41 Å². The van der Waals surface area contributed by atoms with Crippen LogP contribution in [-0.4, -0.2) is 5.71 Å². The lowest BCUT2D eigenvalue weighted by Crippen LogP contribution is -2.28. The summed E-state index contributed by atoms with van der Waals surface area (Å²) in [5.41, 5.74) is 20.4. The molecule has 0 unspecified atom stereocenters. The molecule has 0 radical (unpaired) electrons. The van der Waals surface area contributed by atoms with Crippen LogP contribution in [0.3, 0.4) is 0 Å². The Hall–Kier alpha value is -9.05. The monoisotopic (exact) mass is 881 g/mol. The number of rotatable bonds is 10. The number of nitrogens with zero attached hydrogens (tertiary/aromatic N) is 1. The Morgan fingerprint density at radius 3 is 1.52 bits per heavy atom. The molecular formula is C66H47N3. The Bertz CT molecular complexity index is 3520. The Kier molecular flexibility index (Phi) is 10.6. The van der Waals surface area contributed by atoms with E-state index in [1.165, 1.54) is 33.4 Å². The summed E-state index contributed by atoms with van der Waals surface area (Å²) >= 11 is 0. The summed E-state index contributed by atoms with van der Waals surface area (Å²) in [5.74, 6) is 0. The lowest BCUT2D eigenvalue weighted by molar-refractivity contribution is 0.768. The van der Waals surface area contributed by atoms with Gasteiger partial charge in [0.2, 0.25) is 0 Å². The Labute approximate surface area is 404 Å². The van der Waals surface area contributed by atoms with Gasteiger partial charge in [0.1, 0.15) is 0 Å². The van der Waals surface area contributed by atoms with Crippen molar-refractivity contribution in [3.8, 4) is 22.3 Å². The third kappa shape index (κ3) is 7.29. The second-order valence-electron chi connectivity index (χ2n) is 17.7. The first-order chi connectivity index (χ1) is 34.1. The molecule has 2 aliphatic rings. The molecule has 326 valence electrons. The highest BCUT2D eigenvalue weighted by Gasteiger charge is 2.46. The molecule has 10 aromatic carbocycles. The largest absolute Gasteiger partial charge is 0.354 e. The average Bonchev–Trinajstić information content (AvgIpc) is 3.73. The molecule has 1 aliphatic heterocycles. The first-order valence-corrected chi connectivity index (χ1v) is 23.6. The maximum atomic E-state index is 9.84. The summed E-state index contributed by atoms with van der Waals surface area (Å²) < 4.78 is 0. The van der Waals surface area contributed by atoms with E-state index in [-0.39, 0.29) is 0 Å². The summed E-state index contributed by atoms with van der Waals surface area (Å²) in [6.45, 7) is 0. The summed E-state index contributed by atoms with van der Waals surface area (Å²) in [4.78, 5) is 2.42. The van der Waals surface area contributed by atoms with E-state index in [1.807, 2.05) is 36.4 Å². The SMILES string of the molecule is N=C(/C(=C1\NC(c2ccccc2)=Cc2cc(N(c3cccc(-c4ccccc4)c3)c3ccc4c(c3)C(c3ccccc3)(c3ccccc3)c3ccccc3-4)ccc21)c1ccccc1)c1ccccc1. The zero-order valence-electron chi connectivity index (χ0n) is 37.9. The van der Waals surface area contributed by atoms with E-state index >= 15 is 0 Å².